The largest absolute Gasteiger partial charge is 0.493 e. The third-order valence-corrected chi connectivity index (χ3v) is 8.74. The Labute approximate surface area is 345 Å². The van der Waals surface area contributed by atoms with Gasteiger partial charge in [0.2, 0.25) is 0 Å². The molecule has 0 aliphatic carbocycles. The molecule has 0 aromatic heterocycles. The Balaban J connectivity index is 1.79. The highest BCUT2D eigenvalue weighted by Gasteiger charge is 2.55. The molecule has 0 amide bonds. The van der Waals surface area contributed by atoms with Gasteiger partial charge < -0.3 is 66.3 Å². The number of ether oxygens (including phenoxy) is 14. The van der Waals surface area contributed by atoms with Crippen molar-refractivity contribution < 1.29 is 95.1 Å². The maximum absolute atomic E-state index is 12.6. The molecule has 2 heterocycles. The third kappa shape index (κ3) is 13.0. The summed E-state index contributed by atoms with van der Waals surface area (Å²) >= 11 is 0. The lowest BCUT2D eigenvalue weighted by Gasteiger charge is -2.41. The molecule has 2 aliphatic rings. The summed E-state index contributed by atoms with van der Waals surface area (Å²) in [5.41, 5.74) is 0.363. The molecule has 2 saturated heterocycles. The molecule has 2 aromatic rings. The second-order valence-electron chi connectivity index (χ2n) is 13.3. The minimum Gasteiger partial charge on any atom is -0.493 e. The first-order chi connectivity index (χ1) is 28.5. The summed E-state index contributed by atoms with van der Waals surface area (Å²) in [6, 6.07) is 11.2. The number of carbonyl (C=O) groups is 6. The van der Waals surface area contributed by atoms with Gasteiger partial charge in [0.1, 0.15) is 24.9 Å². The van der Waals surface area contributed by atoms with E-state index in [0.29, 0.717) is 11.3 Å². The van der Waals surface area contributed by atoms with Gasteiger partial charge in [0.25, 0.3) is 0 Å². The topological polar surface area (TPSA) is 232 Å². The van der Waals surface area contributed by atoms with Crippen molar-refractivity contribution >= 4 is 35.8 Å². The molecular weight excluding hydrogens is 800 g/mol. The molecule has 2 aliphatic heterocycles. The van der Waals surface area contributed by atoms with Gasteiger partial charge in [-0.05, 0) is 29.8 Å². The minimum absolute atomic E-state index is 0.0934. The molecule has 0 saturated carbocycles. The molecular formula is C40H50O20. The average molecular weight is 851 g/mol. The lowest BCUT2D eigenvalue weighted by atomic mass is 10.0. The zero-order valence-corrected chi connectivity index (χ0v) is 34.6. The average Bonchev–Trinajstić information content (AvgIpc) is 3.48. The number of hydrogen-bond acceptors (Lipinski definition) is 20. The van der Waals surface area contributed by atoms with Gasteiger partial charge in [0.15, 0.2) is 66.1 Å². The standard InChI is InChI=1S/C40H50O20/c1-20(41)50-17-31(58-28-13-11-10-12-27(28)47-7)34(26-14-15-29(53-21(2)42)30(16-26)48-8)51-18-33-35(55-23(4)44)38(57-25(6)46)40(59-33)60-36-32(54-22(3)43)19-52-39(49-9)37(36)56-24(5)45/h10-16,31-40H,17-19H2,1-9H3/t31-,32+,33-,34+,35-,36-,37+,38+,39+,40-/m0/s1. The second kappa shape index (κ2) is 22.2. The van der Waals surface area contributed by atoms with Gasteiger partial charge in [-0.3, -0.25) is 28.8 Å². The fraction of sp³-hybridized carbons (Fsp3) is 0.550. The molecule has 10 atom stereocenters. The van der Waals surface area contributed by atoms with Crippen LogP contribution in [0, 0.1) is 0 Å². The molecule has 0 N–H and O–H groups in total. The van der Waals surface area contributed by atoms with Crippen molar-refractivity contribution in [2.75, 3.05) is 41.2 Å². The molecule has 20 heteroatoms. The molecule has 4 rings (SSSR count). The Morgan fingerprint density at radius 1 is 0.650 bits per heavy atom. The Kier molecular flexibility index (Phi) is 17.4. The second-order valence-corrected chi connectivity index (χ2v) is 13.3. The van der Waals surface area contributed by atoms with Crippen LogP contribution in [0.15, 0.2) is 42.5 Å². The fourth-order valence-corrected chi connectivity index (χ4v) is 6.46. The van der Waals surface area contributed by atoms with E-state index in [1.807, 2.05) is 0 Å². The highest BCUT2D eigenvalue weighted by molar-refractivity contribution is 5.71. The van der Waals surface area contributed by atoms with E-state index in [2.05, 4.69) is 0 Å². The summed E-state index contributed by atoms with van der Waals surface area (Å²) < 4.78 is 80.6. The van der Waals surface area contributed by atoms with Crippen molar-refractivity contribution in [2.45, 2.75) is 103 Å². The van der Waals surface area contributed by atoms with Crippen LogP contribution in [0.5, 0.6) is 23.0 Å². The number of carbonyl (C=O) groups excluding carboxylic acids is 6. The fourth-order valence-electron chi connectivity index (χ4n) is 6.46. The Bertz CT molecular complexity index is 1810. The van der Waals surface area contributed by atoms with Gasteiger partial charge >= 0.3 is 35.8 Å². The first kappa shape index (κ1) is 47.1. The van der Waals surface area contributed by atoms with Crippen LogP contribution in [-0.2, 0) is 76.1 Å². The lowest BCUT2D eigenvalue weighted by molar-refractivity contribution is -0.308. The lowest BCUT2D eigenvalue weighted by Crippen LogP contribution is -2.59. The maximum Gasteiger partial charge on any atom is 0.308 e. The van der Waals surface area contributed by atoms with Crippen molar-refractivity contribution in [3.05, 3.63) is 48.0 Å². The molecule has 0 unspecified atom stereocenters. The van der Waals surface area contributed by atoms with Crippen molar-refractivity contribution in [2.24, 2.45) is 0 Å². The van der Waals surface area contributed by atoms with E-state index in [1.165, 1.54) is 47.3 Å². The van der Waals surface area contributed by atoms with E-state index in [4.69, 9.17) is 66.3 Å². The summed E-state index contributed by atoms with van der Waals surface area (Å²) in [5.74, 6) is -3.49. The van der Waals surface area contributed by atoms with Crippen LogP contribution < -0.4 is 18.9 Å². The smallest absolute Gasteiger partial charge is 0.308 e. The number of para-hydroxylation sites is 2. The predicted octanol–water partition coefficient (Wildman–Crippen LogP) is 2.54. The number of methoxy groups -OCH3 is 3. The highest BCUT2D eigenvalue weighted by Crippen LogP contribution is 2.38. The molecule has 330 valence electrons. The van der Waals surface area contributed by atoms with Gasteiger partial charge in [-0.2, -0.15) is 0 Å². The summed E-state index contributed by atoms with van der Waals surface area (Å²) in [7, 11) is 4.10. The molecule has 0 bridgehead atoms. The van der Waals surface area contributed by atoms with Gasteiger partial charge in [-0.25, -0.2) is 0 Å². The summed E-state index contributed by atoms with van der Waals surface area (Å²) in [4.78, 5) is 73.5. The number of rotatable bonds is 19. The summed E-state index contributed by atoms with van der Waals surface area (Å²) in [5, 5.41) is 0. The summed E-state index contributed by atoms with van der Waals surface area (Å²) in [6.45, 7) is 5.89. The predicted molar refractivity (Wildman–Crippen MR) is 200 cm³/mol. The minimum atomic E-state index is -1.58. The quantitative estimate of drug-likeness (QED) is 0.112. The number of esters is 6. The van der Waals surface area contributed by atoms with Crippen LogP contribution in [0.2, 0.25) is 0 Å². The molecule has 0 radical (unpaired) electrons. The van der Waals surface area contributed by atoms with Crippen LogP contribution >= 0.6 is 0 Å². The monoisotopic (exact) mass is 850 g/mol. The van der Waals surface area contributed by atoms with E-state index >= 15 is 0 Å². The molecule has 60 heavy (non-hydrogen) atoms. The first-order valence-electron chi connectivity index (χ1n) is 18.6. The Morgan fingerprint density at radius 2 is 1.25 bits per heavy atom. The molecule has 2 fully saturated rings. The first-order valence-corrected chi connectivity index (χ1v) is 18.6. The van der Waals surface area contributed by atoms with Gasteiger partial charge in [-0.15, -0.1) is 0 Å². The summed E-state index contributed by atoms with van der Waals surface area (Å²) in [6.07, 6.45) is -13.1. The van der Waals surface area contributed by atoms with Crippen molar-refractivity contribution in [3.8, 4) is 23.0 Å². The van der Waals surface area contributed by atoms with Crippen LogP contribution in [0.4, 0.5) is 0 Å². The Hall–Kier alpha value is -5.54. The van der Waals surface area contributed by atoms with Crippen molar-refractivity contribution in [1.29, 1.82) is 0 Å². The molecule has 2 aromatic carbocycles. The zero-order chi connectivity index (χ0) is 44.1. The molecule has 0 spiro atoms. The van der Waals surface area contributed by atoms with E-state index in [0.717, 1.165) is 27.7 Å². The van der Waals surface area contributed by atoms with Crippen molar-refractivity contribution in [3.63, 3.8) is 0 Å². The van der Waals surface area contributed by atoms with Gasteiger partial charge in [0.05, 0.1) is 27.4 Å². The van der Waals surface area contributed by atoms with Crippen molar-refractivity contribution in [1.82, 2.24) is 0 Å². The van der Waals surface area contributed by atoms with Gasteiger partial charge in [-0.1, -0.05) is 18.2 Å². The zero-order valence-electron chi connectivity index (χ0n) is 34.6. The van der Waals surface area contributed by atoms with E-state index in [1.54, 1.807) is 30.3 Å². The Morgan fingerprint density at radius 3 is 1.82 bits per heavy atom. The third-order valence-electron chi connectivity index (χ3n) is 8.74. The number of benzene rings is 2. The number of hydrogen-bond donors (Lipinski definition) is 0. The van der Waals surface area contributed by atoms with Crippen LogP contribution in [0.1, 0.15) is 53.2 Å². The van der Waals surface area contributed by atoms with E-state index in [9.17, 15) is 28.8 Å². The van der Waals surface area contributed by atoms with Crippen LogP contribution in [-0.4, -0.2) is 132 Å². The van der Waals surface area contributed by atoms with Crippen LogP contribution in [0.3, 0.4) is 0 Å². The normalized spacial score (nSPS) is 24.5. The molecule has 20 nitrogen and oxygen atoms in total. The van der Waals surface area contributed by atoms with Crippen LogP contribution in [0.25, 0.3) is 0 Å². The van der Waals surface area contributed by atoms with E-state index in [-0.39, 0.29) is 30.5 Å². The van der Waals surface area contributed by atoms with E-state index < -0.39 is 104 Å². The maximum atomic E-state index is 12.6. The van der Waals surface area contributed by atoms with Gasteiger partial charge in [0, 0.05) is 48.7 Å². The highest BCUT2D eigenvalue weighted by atomic mass is 16.8. The SMILES string of the molecule is COc1cc([C@@H](OC[C@@H]2O[C@@H](O[C@@H]3[C@@H](OC(C)=O)[C@H](OC)OC[C@H]3OC(C)=O)[C@H](OC(C)=O)[C@H]2OC(C)=O)[C@H](COC(C)=O)Oc2ccccc2OC)ccc1OC(C)=O.